The maximum atomic E-state index is 5.60. The standard InChI is InChI=1S/C12H12O.2C2H6/c1-3-6-10-9(2)13-12-8-5-4-7-11(10)12;2*1-2/h3-8H,1-2H3;2*1-2H3/b6-3-;;. The first kappa shape index (κ1) is 15.5. The summed E-state index contributed by atoms with van der Waals surface area (Å²) in [5.74, 6) is 0.985. The molecule has 1 nitrogen and oxygen atoms in total. The van der Waals surface area contributed by atoms with Gasteiger partial charge in [0, 0.05) is 10.9 Å². The SMILES string of the molecule is C/C=C\c1c(C)oc2ccccc12.CC.CC. The van der Waals surface area contributed by atoms with E-state index in [4.69, 9.17) is 4.42 Å². The molecule has 1 aromatic carbocycles. The molecule has 1 aromatic heterocycles. The minimum absolute atomic E-state index is 0.966. The lowest BCUT2D eigenvalue weighted by Gasteiger charge is -1.88. The predicted molar refractivity (Wildman–Crippen MR) is 78.4 cm³/mol. The van der Waals surface area contributed by atoms with Gasteiger partial charge >= 0.3 is 0 Å². The summed E-state index contributed by atoms with van der Waals surface area (Å²) in [5, 5.41) is 1.19. The monoisotopic (exact) mass is 232 g/mol. The van der Waals surface area contributed by atoms with Crippen LogP contribution in [0.3, 0.4) is 0 Å². The summed E-state index contributed by atoms with van der Waals surface area (Å²) >= 11 is 0. The number of allylic oxidation sites excluding steroid dienone is 1. The first-order valence-corrected chi connectivity index (χ1v) is 6.43. The number of fused-ring (bicyclic) bond motifs is 1. The van der Waals surface area contributed by atoms with Crippen LogP contribution in [0.15, 0.2) is 34.8 Å². The second-order valence-electron chi connectivity index (χ2n) is 3.07. The third-order valence-corrected chi connectivity index (χ3v) is 2.15. The van der Waals surface area contributed by atoms with Gasteiger partial charge in [-0.2, -0.15) is 0 Å². The van der Waals surface area contributed by atoms with Crippen LogP contribution in [0.25, 0.3) is 17.0 Å². The van der Waals surface area contributed by atoms with Crippen LogP contribution in [-0.4, -0.2) is 0 Å². The molecule has 0 atom stereocenters. The van der Waals surface area contributed by atoms with Gasteiger partial charge in [0.25, 0.3) is 0 Å². The molecule has 2 aromatic rings. The summed E-state index contributed by atoms with van der Waals surface area (Å²) < 4.78 is 5.60. The Morgan fingerprint density at radius 3 is 2.18 bits per heavy atom. The molecule has 17 heavy (non-hydrogen) atoms. The van der Waals surface area contributed by atoms with Crippen LogP contribution in [0.5, 0.6) is 0 Å². The summed E-state index contributed by atoms with van der Waals surface area (Å²) in [6.07, 6.45) is 4.12. The Hall–Kier alpha value is -1.50. The molecule has 0 fully saturated rings. The second kappa shape index (κ2) is 8.63. The zero-order valence-electron chi connectivity index (χ0n) is 11.9. The lowest BCUT2D eigenvalue weighted by molar-refractivity contribution is 0.577. The van der Waals surface area contributed by atoms with E-state index >= 15 is 0 Å². The van der Waals surface area contributed by atoms with Gasteiger partial charge in [-0.25, -0.2) is 0 Å². The van der Waals surface area contributed by atoms with E-state index in [2.05, 4.69) is 12.1 Å². The minimum atomic E-state index is 0.966. The van der Waals surface area contributed by atoms with Gasteiger partial charge in [-0.3, -0.25) is 0 Å². The molecule has 0 bridgehead atoms. The van der Waals surface area contributed by atoms with Crippen molar-refractivity contribution < 1.29 is 4.42 Å². The molecule has 0 amide bonds. The Morgan fingerprint density at radius 1 is 1.00 bits per heavy atom. The van der Waals surface area contributed by atoms with E-state index in [1.54, 1.807) is 0 Å². The van der Waals surface area contributed by atoms with Gasteiger partial charge < -0.3 is 4.42 Å². The molecule has 0 N–H and O–H groups in total. The average Bonchev–Trinajstić information content (AvgIpc) is 2.72. The van der Waals surface area contributed by atoms with E-state index in [1.807, 2.05) is 65.8 Å². The molecule has 2 rings (SSSR count). The van der Waals surface area contributed by atoms with E-state index in [-0.39, 0.29) is 0 Å². The maximum absolute atomic E-state index is 5.60. The highest BCUT2D eigenvalue weighted by atomic mass is 16.3. The fraction of sp³-hybridized carbons (Fsp3) is 0.375. The smallest absolute Gasteiger partial charge is 0.134 e. The van der Waals surface area contributed by atoms with Crippen molar-refractivity contribution in [1.82, 2.24) is 0 Å². The van der Waals surface area contributed by atoms with Crippen molar-refractivity contribution >= 4 is 17.0 Å². The van der Waals surface area contributed by atoms with E-state index < -0.39 is 0 Å². The van der Waals surface area contributed by atoms with Gasteiger partial charge in [-0.1, -0.05) is 58.0 Å². The zero-order chi connectivity index (χ0) is 13.3. The minimum Gasteiger partial charge on any atom is -0.461 e. The number of benzene rings is 1. The van der Waals surface area contributed by atoms with Crippen molar-refractivity contribution in [3.05, 3.63) is 41.7 Å². The Labute approximate surface area is 105 Å². The molecule has 1 heterocycles. The fourth-order valence-corrected chi connectivity index (χ4v) is 1.56. The summed E-state index contributed by atoms with van der Waals surface area (Å²) in [6, 6.07) is 8.10. The van der Waals surface area contributed by atoms with Crippen molar-refractivity contribution in [3.8, 4) is 0 Å². The van der Waals surface area contributed by atoms with Gasteiger partial charge in [0.15, 0.2) is 0 Å². The number of para-hydroxylation sites is 1. The van der Waals surface area contributed by atoms with Crippen molar-refractivity contribution in [2.75, 3.05) is 0 Å². The Morgan fingerprint density at radius 2 is 1.59 bits per heavy atom. The molecule has 0 spiro atoms. The summed E-state index contributed by atoms with van der Waals surface area (Å²) in [6.45, 7) is 12.0. The Balaban J connectivity index is 0.000000581. The number of furan rings is 1. The van der Waals surface area contributed by atoms with Gasteiger partial charge in [0.05, 0.1) is 0 Å². The number of rotatable bonds is 1. The predicted octanol–water partition coefficient (Wildman–Crippen LogP) is 5.83. The highest BCUT2D eigenvalue weighted by Gasteiger charge is 2.05. The van der Waals surface area contributed by atoms with Crippen LogP contribution < -0.4 is 0 Å². The lowest BCUT2D eigenvalue weighted by Crippen LogP contribution is -1.70. The van der Waals surface area contributed by atoms with E-state index in [0.29, 0.717) is 0 Å². The quantitative estimate of drug-likeness (QED) is 0.603. The maximum Gasteiger partial charge on any atom is 0.134 e. The van der Waals surface area contributed by atoms with Crippen molar-refractivity contribution in [1.29, 1.82) is 0 Å². The van der Waals surface area contributed by atoms with Crippen LogP contribution in [0.2, 0.25) is 0 Å². The normalized spacial score (nSPS) is 9.53. The summed E-state index contributed by atoms with van der Waals surface area (Å²) in [7, 11) is 0. The molecular formula is C16H24O. The van der Waals surface area contributed by atoms with E-state index in [0.717, 1.165) is 11.3 Å². The highest BCUT2D eigenvalue weighted by molar-refractivity contribution is 5.88. The first-order valence-electron chi connectivity index (χ1n) is 6.43. The summed E-state index contributed by atoms with van der Waals surface area (Å²) in [5.41, 5.74) is 2.16. The van der Waals surface area contributed by atoms with E-state index in [1.165, 1.54) is 10.9 Å². The molecule has 0 saturated carbocycles. The zero-order valence-corrected chi connectivity index (χ0v) is 11.9. The van der Waals surface area contributed by atoms with Crippen molar-refractivity contribution in [2.45, 2.75) is 41.5 Å². The molecule has 94 valence electrons. The number of hydrogen-bond acceptors (Lipinski definition) is 1. The van der Waals surface area contributed by atoms with Gasteiger partial charge in [-0.05, 0) is 19.9 Å². The first-order chi connectivity index (χ1) is 8.33. The molecule has 0 aliphatic heterocycles. The molecule has 1 heteroatoms. The third kappa shape index (κ3) is 3.77. The lowest BCUT2D eigenvalue weighted by atomic mass is 10.1. The Kier molecular flexibility index (Phi) is 7.87. The molecule has 0 aliphatic rings. The van der Waals surface area contributed by atoms with Crippen molar-refractivity contribution in [2.24, 2.45) is 0 Å². The second-order valence-corrected chi connectivity index (χ2v) is 3.07. The molecule has 0 radical (unpaired) electrons. The van der Waals surface area contributed by atoms with Crippen LogP contribution in [0.4, 0.5) is 0 Å². The van der Waals surface area contributed by atoms with E-state index in [9.17, 15) is 0 Å². The Bertz CT molecular complexity index is 449. The van der Waals surface area contributed by atoms with Crippen LogP contribution in [0, 0.1) is 6.92 Å². The largest absolute Gasteiger partial charge is 0.461 e. The molecule has 0 unspecified atom stereocenters. The van der Waals surface area contributed by atoms with Crippen molar-refractivity contribution in [3.63, 3.8) is 0 Å². The van der Waals surface area contributed by atoms with Crippen LogP contribution >= 0.6 is 0 Å². The van der Waals surface area contributed by atoms with Crippen LogP contribution in [-0.2, 0) is 0 Å². The third-order valence-electron chi connectivity index (χ3n) is 2.15. The number of hydrogen-bond donors (Lipinski definition) is 0. The molecule has 0 aliphatic carbocycles. The molecular weight excluding hydrogens is 208 g/mol. The van der Waals surface area contributed by atoms with Gasteiger partial charge in [-0.15, -0.1) is 0 Å². The highest BCUT2D eigenvalue weighted by Crippen LogP contribution is 2.25. The fourth-order valence-electron chi connectivity index (χ4n) is 1.56. The van der Waals surface area contributed by atoms with Crippen LogP contribution in [0.1, 0.15) is 45.9 Å². The molecule has 0 saturated heterocycles. The average molecular weight is 232 g/mol. The van der Waals surface area contributed by atoms with Gasteiger partial charge in [0.2, 0.25) is 0 Å². The number of aryl methyl sites for hydroxylation is 1. The summed E-state index contributed by atoms with van der Waals surface area (Å²) in [4.78, 5) is 0. The topological polar surface area (TPSA) is 13.1 Å². The van der Waals surface area contributed by atoms with Gasteiger partial charge in [0.1, 0.15) is 11.3 Å².